The Morgan fingerprint density at radius 1 is 1.29 bits per heavy atom. The largest absolute Gasteiger partial charge is 0.360 e. The van der Waals surface area contributed by atoms with Gasteiger partial charge in [-0.15, -0.1) is 0 Å². The van der Waals surface area contributed by atoms with Crippen molar-refractivity contribution in [1.82, 2.24) is 14.8 Å². The second kappa shape index (κ2) is 6.66. The summed E-state index contributed by atoms with van der Waals surface area (Å²) in [5.74, 6) is 0.319. The molecule has 1 aliphatic rings. The summed E-state index contributed by atoms with van der Waals surface area (Å²) in [6.45, 7) is 7.43. The van der Waals surface area contributed by atoms with Crippen LogP contribution in [0.1, 0.15) is 29.5 Å². The molecule has 0 saturated carbocycles. The molecule has 0 saturated heterocycles. The second-order valence-corrected chi connectivity index (χ2v) is 8.05. The highest BCUT2D eigenvalue weighted by Crippen LogP contribution is 2.21. The van der Waals surface area contributed by atoms with Crippen LogP contribution in [0.5, 0.6) is 0 Å². The third kappa shape index (κ3) is 3.38. The van der Waals surface area contributed by atoms with Gasteiger partial charge in [0.2, 0.25) is 10.0 Å². The van der Waals surface area contributed by atoms with Crippen LogP contribution in [-0.4, -0.2) is 37.6 Å². The average Bonchev–Trinajstić information content (AvgIpc) is 2.91. The van der Waals surface area contributed by atoms with E-state index in [9.17, 15) is 8.42 Å². The summed E-state index contributed by atoms with van der Waals surface area (Å²) in [7, 11) is -3.61. The molecule has 2 aromatic rings. The number of benzene rings is 1. The summed E-state index contributed by atoms with van der Waals surface area (Å²) in [5, 5.41) is 3.72. The lowest BCUT2D eigenvalue weighted by Crippen LogP contribution is -2.44. The van der Waals surface area contributed by atoms with E-state index >= 15 is 0 Å². The summed E-state index contributed by atoms with van der Waals surface area (Å²) >= 11 is 0. The van der Waals surface area contributed by atoms with Gasteiger partial charge in [0.1, 0.15) is 10.6 Å². The number of rotatable bonds is 5. The first-order chi connectivity index (χ1) is 11.4. The van der Waals surface area contributed by atoms with Crippen LogP contribution in [0.4, 0.5) is 0 Å². The van der Waals surface area contributed by atoms with E-state index < -0.39 is 10.0 Å². The highest BCUT2D eigenvalue weighted by atomic mass is 32.2. The van der Waals surface area contributed by atoms with Crippen molar-refractivity contribution in [2.75, 3.05) is 13.1 Å². The molecule has 2 heterocycles. The molecule has 1 aromatic heterocycles. The molecule has 24 heavy (non-hydrogen) atoms. The Bertz CT molecular complexity index is 810. The Balaban J connectivity index is 1.65. The Morgan fingerprint density at radius 2 is 2.00 bits per heavy atom. The van der Waals surface area contributed by atoms with E-state index in [1.807, 2.05) is 13.0 Å². The van der Waals surface area contributed by atoms with E-state index in [0.717, 1.165) is 19.5 Å². The van der Waals surface area contributed by atoms with Gasteiger partial charge in [-0.05, 0) is 38.3 Å². The zero-order valence-corrected chi connectivity index (χ0v) is 15.1. The maximum absolute atomic E-state index is 12.5. The van der Waals surface area contributed by atoms with Crippen molar-refractivity contribution in [2.45, 2.75) is 44.7 Å². The van der Waals surface area contributed by atoms with Crippen LogP contribution in [0.2, 0.25) is 0 Å². The van der Waals surface area contributed by atoms with Gasteiger partial charge < -0.3 is 4.52 Å². The Labute approximate surface area is 142 Å². The number of hydrogen-bond donors (Lipinski definition) is 1. The van der Waals surface area contributed by atoms with Gasteiger partial charge in [0.15, 0.2) is 5.76 Å². The van der Waals surface area contributed by atoms with Crippen LogP contribution in [0.3, 0.4) is 0 Å². The number of aromatic nitrogens is 1. The van der Waals surface area contributed by atoms with Crippen LogP contribution in [0.25, 0.3) is 0 Å². The molecule has 1 aromatic carbocycles. The highest BCUT2D eigenvalue weighted by Gasteiger charge is 2.26. The molecule has 6 nitrogen and oxygen atoms in total. The van der Waals surface area contributed by atoms with Crippen LogP contribution in [0, 0.1) is 13.8 Å². The highest BCUT2D eigenvalue weighted by molar-refractivity contribution is 7.89. The van der Waals surface area contributed by atoms with Crippen molar-refractivity contribution in [2.24, 2.45) is 0 Å². The lowest BCUT2D eigenvalue weighted by Gasteiger charge is -2.33. The third-order valence-corrected chi connectivity index (χ3v) is 6.26. The Morgan fingerprint density at radius 3 is 2.67 bits per heavy atom. The fourth-order valence-corrected chi connectivity index (χ4v) is 4.63. The number of aryl methyl sites for hydroxylation is 2. The molecule has 0 radical (unpaired) electrons. The molecule has 1 N–H and O–H groups in total. The summed E-state index contributed by atoms with van der Waals surface area (Å²) in [6.07, 6.45) is 0.997. The molecular formula is C17H23N3O3S. The molecule has 1 unspecified atom stereocenters. The van der Waals surface area contributed by atoms with E-state index in [-0.39, 0.29) is 10.9 Å². The van der Waals surface area contributed by atoms with Gasteiger partial charge in [-0.1, -0.05) is 29.4 Å². The van der Waals surface area contributed by atoms with E-state index in [1.54, 1.807) is 13.8 Å². The maximum Gasteiger partial charge on any atom is 0.246 e. The first-order valence-corrected chi connectivity index (χ1v) is 9.60. The molecule has 0 bridgehead atoms. The predicted molar refractivity (Wildman–Crippen MR) is 91.2 cm³/mol. The lowest BCUT2D eigenvalue weighted by molar-refractivity contribution is 0.192. The molecule has 0 spiro atoms. The number of nitrogens with zero attached hydrogens (tertiary/aromatic N) is 2. The standard InChI is InChI=1S/C17H23N3O3S/c1-12(20-9-8-15-6-4-5-7-16(15)11-20)10-18-24(21,22)17-13(2)19-23-14(17)3/h4-7,12,18H,8-11H2,1-3H3. The van der Waals surface area contributed by atoms with Crippen LogP contribution in [-0.2, 0) is 23.0 Å². The number of nitrogens with one attached hydrogen (secondary N) is 1. The smallest absolute Gasteiger partial charge is 0.246 e. The average molecular weight is 349 g/mol. The van der Waals surface area contributed by atoms with Gasteiger partial charge >= 0.3 is 0 Å². The second-order valence-electron chi connectivity index (χ2n) is 6.34. The van der Waals surface area contributed by atoms with Crippen molar-refractivity contribution < 1.29 is 12.9 Å². The van der Waals surface area contributed by atoms with E-state index in [1.165, 1.54) is 11.1 Å². The monoisotopic (exact) mass is 349 g/mol. The summed E-state index contributed by atoms with van der Waals surface area (Å²) in [6, 6.07) is 8.52. The number of hydrogen-bond acceptors (Lipinski definition) is 5. The zero-order chi connectivity index (χ0) is 17.3. The van der Waals surface area contributed by atoms with Gasteiger partial charge in [0.25, 0.3) is 0 Å². The topological polar surface area (TPSA) is 75.4 Å². The molecule has 1 atom stereocenters. The van der Waals surface area contributed by atoms with Crippen LogP contribution in [0.15, 0.2) is 33.7 Å². The minimum Gasteiger partial charge on any atom is -0.360 e. The van der Waals surface area contributed by atoms with Gasteiger partial charge in [-0.2, -0.15) is 0 Å². The maximum atomic E-state index is 12.5. The summed E-state index contributed by atoms with van der Waals surface area (Å²) in [5.41, 5.74) is 3.10. The van der Waals surface area contributed by atoms with Crippen LogP contribution < -0.4 is 4.72 Å². The number of fused-ring (bicyclic) bond motifs is 1. The van der Waals surface area contributed by atoms with E-state index in [0.29, 0.717) is 18.0 Å². The van der Waals surface area contributed by atoms with Gasteiger partial charge in [0, 0.05) is 25.7 Å². The summed E-state index contributed by atoms with van der Waals surface area (Å²) in [4.78, 5) is 2.46. The first-order valence-electron chi connectivity index (χ1n) is 8.12. The third-order valence-electron chi connectivity index (χ3n) is 4.59. The molecule has 3 rings (SSSR count). The molecule has 0 amide bonds. The SMILES string of the molecule is Cc1noc(C)c1S(=O)(=O)NCC(C)N1CCc2ccccc2C1. The fraction of sp³-hybridized carbons (Fsp3) is 0.471. The van der Waals surface area contributed by atoms with Crippen LogP contribution >= 0.6 is 0 Å². The molecule has 1 aliphatic heterocycles. The lowest BCUT2D eigenvalue weighted by atomic mass is 9.99. The van der Waals surface area contributed by atoms with Gasteiger partial charge in [-0.3, -0.25) is 4.90 Å². The Hall–Kier alpha value is -1.70. The van der Waals surface area contributed by atoms with Gasteiger partial charge in [-0.25, -0.2) is 13.1 Å². The predicted octanol–water partition coefficient (Wildman–Crippen LogP) is 2.02. The minimum absolute atomic E-state index is 0.105. The normalized spacial score (nSPS) is 16.8. The van der Waals surface area contributed by atoms with E-state index in [2.05, 4.69) is 33.0 Å². The summed E-state index contributed by atoms with van der Waals surface area (Å²) < 4.78 is 32.6. The van der Waals surface area contributed by atoms with Crippen molar-refractivity contribution in [3.8, 4) is 0 Å². The fourth-order valence-electron chi connectivity index (χ4n) is 3.18. The molecule has 130 valence electrons. The van der Waals surface area contributed by atoms with Gasteiger partial charge in [0.05, 0.1) is 0 Å². The van der Waals surface area contributed by atoms with Crippen molar-refractivity contribution in [3.63, 3.8) is 0 Å². The van der Waals surface area contributed by atoms with Crippen molar-refractivity contribution in [1.29, 1.82) is 0 Å². The van der Waals surface area contributed by atoms with E-state index in [4.69, 9.17) is 4.52 Å². The molecule has 7 heteroatoms. The Kier molecular flexibility index (Phi) is 4.76. The van der Waals surface area contributed by atoms with Crippen molar-refractivity contribution in [3.05, 3.63) is 46.8 Å². The quantitative estimate of drug-likeness (QED) is 0.894. The number of sulfonamides is 1. The molecule has 0 aliphatic carbocycles. The first kappa shape index (κ1) is 17.1. The molecule has 0 fully saturated rings. The zero-order valence-electron chi connectivity index (χ0n) is 14.2. The molecular weight excluding hydrogens is 326 g/mol. The minimum atomic E-state index is -3.61. The van der Waals surface area contributed by atoms with Crippen molar-refractivity contribution >= 4 is 10.0 Å².